The Labute approximate surface area is 81.6 Å². The number of hydrogen-bond donors (Lipinski definition) is 0. The standard InChI is InChI=1S/C10H9ClS/c11-9-5-2-1-4-8(9)10-6-3-7-12-10/h1-2,4-6H,3,7H2. The maximum absolute atomic E-state index is 6.05. The van der Waals surface area contributed by atoms with E-state index in [0.29, 0.717) is 0 Å². The van der Waals surface area contributed by atoms with E-state index in [9.17, 15) is 0 Å². The fourth-order valence-electron chi connectivity index (χ4n) is 1.27. The molecule has 0 nitrogen and oxygen atoms in total. The van der Waals surface area contributed by atoms with Crippen LogP contribution in [0.15, 0.2) is 30.3 Å². The molecular weight excluding hydrogens is 188 g/mol. The van der Waals surface area contributed by atoms with Gasteiger partial charge in [-0.05, 0) is 12.5 Å². The third-order valence-corrected chi connectivity index (χ3v) is 3.31. The predicted molar refractivity (Wildman–Crippen MR) is 56.5 cm³/mol. The van der Waals surface area contributed by atoms with E-state index in [-0.39, 0.29) is 0 Å². The highest BCUT2D eigenvalue weighted by atomic mass is 35.5. The molecular formula is C10H9ClS. The van der Waals surface area contributed by atoms with Crippen LogP contribution in [0, 0.1) is 0 Å². The Morgan fingerprint density at radius 2 is 2.08 bits per heavy atom. The molecule has 0 fully saturated rings. The fourth-order valence-corrected chi connectivity index (χ4v) is 2.58. The lowest BCUT2D eigenvalue weighted by Crippen LogP contribution is -1.77. The van der Waals surface area contributed by atoms with Crippen molar-refractivity contribution in [3.05, 3.63) is 40.9 Å². The first-order chi connectivity index (χ1) is 5.88. The van der Waals surface area contributed by atoms with Crippen LogP contribution in [0.25, 0.3) is 4.91 Å². The highest BCUT2D eigenvalue weighted by molar-refractivity contribution is 8.08. The average molecular weight is 197 g/mol. The van der Waals surface area contributed by atoms with Crippen LogP contribution in [0.3, 0.4) is 0 Å². The van der Waals surface area contributed by atoms with E-state index in [1.165, 1.54) is 22.6 Å². The van der Waals surface area contributed by atoms with Gasteiger partial charge in [-0.1, -0.05) is 35.9 Å². The molecule has 12 heavy (non-hydrogen) atoms. The summed E-state index contributed by atoms with van der Waals surface area (Å²) in [7, 11) is 0. The topological polar surface area (TPSA) is 0 Å². The quantitative estimate of drug-likeness (QED) is 0.658. The van der Waals surface area contributed by atoms with Gasteiger partial charge in [0.05, 0.1) is 0 Å². The number of hydrogen-bond acceptors (Lipinski definition) is 1. The zero-order valence-corrected chi connectivity index (χ0v) is 8.16. The van der Waals surface area contributed by atoms with Gasteiger partial charge in [0.15, 0.2) is 0 Å². The lowest BCUT2D eigenvalue weighted by Gasteiger charge is -2.02. The Morgan fingerprint density at radius 3 is 2.75 bits per heavy atom. The molecule has 0 aromatic heterocycles. The summed E-state index contributed by atoms with van der Waals surface area (Å²) in [4.78, 5) is 1.33. The van der Waals surface area contributed by atoms with E-state index in [1.807, 2.05) is 30.0 Å². The minimum atomic E-state index is 0.859. The van der Waals surface area contributed by atoms with Crippen molar-refractivity contribution in [3.8, 4) is 0 Å². The van der Waals surface area contributed by atoms with Gasteiger partial charge >= 0.3 is 0 Å². The normalized spacial score (nSPS) is 16.2. The smallest absolute Gasteiger partial charge is 0.0489 e. The van der Waals surface area contributed by atoms with Crippen molar-refractivity contribution in [1.82, 2.24) is 0 Å². The summed E-state index contributed by atoms with van der Waals surface area (Å²) in [6, 6.07) is 8.01. The Morgan fingerprint density at radius 1 is 1.25 bits per heavy atom. The van der Waals surface area contributed by atoms with Crippen molar-refractivity contribution < 1.29 is 0 Å². The average Bonchev–Trinajstić information content (AvgIpc) is 2.57. The summed E-state index contributed by atoms with van der Waals surface area (Å²) in [5, 5.41) is 0.859. The minimum Gasteiger partial charge on any atom is -0.125 e. The van der Waals surface area contributed by atoms with Crippen LogP contribution in [0.5, 0.6) is 0 Å². The van der Waals surface area contributed by atoms with Crippen molar-refractivity contribution in [2.24, 2.45) is 0 Å². The molecule has 0 bridgehead atoms. The Balaban J connectivity index is 2.39. The second kappa shape index (κ2) is 3.55. The van der Waals surface area contributed by atoms with E-state index < -0.39 is 0 Å². The molecule has 2 heteroatoms. The molecule has 0 unspecified atom stereocenters. The van der Waals surface area contributed by atoms with Gasteiger partial charge in [0.1, 0.15) is 0 Å². The summed E-state index contributed by atoms with van der Waals surface area (Å²) >= 11 is 7.94. The largest absolute Gasteiger partial charge is 0.125 e. The van der Waals surface area contributed by atoms with Gasteiger partial charge in [0.25, 0.3) is 0 Å². The molecule has 1 aliphatic heterocycles. The zero-order valence-electron chi connectivity index (χ0n) is 6.59. The van der Waals surface area contributed by atoms with Crippen LogP contribution in [-0.2, 0) is 0 Å². The van der Waals surface area contributed by atoms with E-state index >= 15 is 0 Å². The van der Waals surface area contributed by atoms with Gasteiger partial charge in [0.2, 0.25) is 0 Å². The maximum atomic E-state index is 6.05. The van der Waals surface area contributed by atoms with Crippen LogP contribution in [0.2, 0.25) is 5.02 Å². The Kier molecular flexibility index (Phi) is 2.43. The molecule has 0 radical (unpaired) electrons. The van der Waals surface area contributed by atoms with E-state index in [0.717, 1.165) is 5.02 Å². The van der Waals surface area contributed by atoms with Crippen molar-refractivity contribution in [3.63, 3.8) is 0 Å². The third kappa shape index (κ3) is 1.52. The molecule has 1 aromatic carbocycles. The summed E-state index contributed by atoms with van der Waals surface area (Å²) in [6.07, 6.45) is 3.43. The number of benzene rings is 1. The van der Waals surface area contributed by atoms with Crippen LogP contribution in [0.4, 0.5) is 0 Å². The molecule has 0 atom stereocenters. The summed E-state index contributed by atoms with van der Waals surface area (Å²) in [5.74, 6) is 1.19. The molecule has 1 aliphatic rings. The molecule has 0 spiro atoms. The molecule has 2 rings (SSSR count). The summed E-state index contributed by atoms with van der Waals surface area (Å²) < 4.78 is 0. The molecule has 1 aromatic rings. The number of rotatable bonds is 1. The second-order valence-electron chi connectivity index (χ2n) is 2.69. The maximum Gasteiger partial charge on any atom is 0.0489 e. The molecule has 1 heterocycles. The summed E-state index contributed by atoms with van der Waals surface area (Å²) in [5.41, 5.74) is 1.18. The van der Waals surface area contributed by atoms with Gasteiger partial charge < -0.3 is 0 Å². The zero-order chi connectivity index (χ0) is 8.39. The Hall–Kier alpha value is -0.400. The predicted octanol–water partition coefficient (Wildman–Crippen LogP) is 3.82. The SMILES string of the molecule is Clc1ccccc1C1=CCCS1. The highest BCUT2D eigenvalue weighted by Gasteiger charge is 2.09. The number of halogens is 1. The first kappa shape index (κ1) is 8.21. The highest BCUT2D eigenvalue weighted by Crippen LogP contribution is 2.36. The second-order valence-corrected chi connectivity index (χ2v) is 4.23. The summed E-state index contributed by atoms with van der Waals surface area (Å²) in [6.45, 7) is 0. The van der Waals surface area contributed by atoms with Gasteiger partial charge in [-0.3, -0.25) is 0 Å². The third-order valence-electron chi connectivity index (χ3n) is 1.84. The lowest BCUT2D eigenvalue weighted by atomic mass is 10.2. The molecule has 0 amide bonds. The number of thioether (sulfide) groups is 1. The van der Waals surface area contributed by atoms with E-state index in [2.05, 4.69) is 12.1 Å². The van der Waals surface area contributed by atoms with Crippen LogP contribution < -0.4 is 0 Å². The van der Waals surface area contributed by atoms with Crippen LogP contribution in [-0.4, -0.2) is 5.75 Å². The van der Waals surface area contributed by atoms with Crippen molar-refractivity contribution in [2.75, 3.05) is 5.75 Å². The fraction of sp³-hybridized carbons (Fsp3) is 0.200. The Bertz CT molecular complexity index is 317. The van der Waals surface area contributed by atoms with Crippen molar-refractivity contribution in [2.45, 2.75) is 6.42 Å². The molecule has 0 N–H and O–H groups in total. The lowest BCUT2D eigenvalue weighted by molar-refractivity contribution is 1.28. The molecule has 0 saturated carbocycles. The first-order valence-electron chi connectivity index (χ1n) is 3.96. The van der Waals surface area contributed by atoms with E-state index in [1.54, 1.807) is 0 Å². The minimum absolute atomic E-state index is 0.859. The molecule has 0 aliphatic carbocycles. The van der Waals surface area contributed by atoms with Crippen LogP contribution in [0.1, 0.15) is 12.0 Å². The van der Waals surface area contributed by atoms with E-state index in [4.69, 9.17) is 11.6 Å². The van der Waals surface area contributed by atoms with Gasteiger partial charge in [-0.2, -0.15) is 0 Å². The van der Waals surface area contributed by atoms with Gasteiger partial charge in [-0.15, -0.1) is 11.8 Å². The van der Waals surface area contributed by atoms with Gasteiger partial charge in [0, 0.05) is 21.2 Å². The monoisotopic (exact) mass is 196 g/mol. The van der Waals surface area contributed by atoms with Crippen molar-refractivity contribution in [1.29, 1.82) is 0 Å². The van der Waals surface area contributed by atoms with Crippen molar-refractivity contribution >= 4 is 28.3 Å². The first-order valence-corrected chi connectivity index (χ1v) is 5.32. The molecule has 62 valence electrons. The molecule has 0 saturated heterocycles. The van der Waals surface area contributed by atoms with Gasteiger partial charge in [-0.25, -0.2) is 0 Å². The number of allylic oxidation sites excluding steroid dienone is 1. The van der Waals surface area contributed by atoms with Crippen LogP contribution >= 0.6 is 23.4 Å².